The molecule has 6 nitrogen and oxygen atoms in total. The van der Waals surface area contributed by atoms with Crippen molar-refractivity contribution in [2.45, 2.75) is 411 Å². The Bertz CT molecular complexity index is 1300. The van der Waals surface area contributed by atoms with Crippen LogP contribution in [0.25, 0.3) is 0 Å². The van der Waals surface area contributed by atoms with E-state index in [2.05, 4.69) is 43.5 Å². The van der Waals surface area contributed by atoms with Gasteiger partial charge in [-0.2, -0.15) is 0 Å². The van der Waals surface area contributed by atoms with Crippen LogP contribution in [0.5, 0.6) is 0 Å². The number of hydrogen-bond donors (Lipinski definition) is 3. The van der Waals surface area contributed by atoms with Crippen molar-refractivity contribution in [3.8, 4) is 0 Å². The van der Waals surface area contributed by atoms with Crippen molar-refractivity contribution in [2.24, 2.45) is 0 Å². The van der Waals surface area contributed by atoms with E-state index in [-0.39, 0.29) is 18.5 Å². The predicted octanol–water partition coefficient (Wildman–Crippen LogP) is 23.5. The molecule has 2 unspecified atom stereocenters. The van der Waals surface area contributed by atoms with E-state index in [1.807, 2.05) is 6.08 Å². The van der Waals surface area contributed by atoms with Crippen LogP contribution in [0.4, 0.5) is 0 Å². The molecule has 0 saturated heterocycles. The van der Waals surface area contributed by atoms with Gasteiger partial charge in [0.2, 0.25) is 5.91 Å². The molecule has 0 radical (unpaired) electrons. The van der Waals surface area contributed by atoms with Gasteiger partial charge in [0.25, 0.3) is 0 Å². The molecule has 0 heterocycles. The number of nitrogens with one attached hydrogen (secondary N) is 1. The summed E-state index contributed by atoms with van der Waals surface area (Å²) in [7, 11) is 0. The molecule has 0 aromatic carbocycles. The summed E-state index contributed by atoms with van der Waals surface area (Å²) in [5, 5.41) is 23.2. The number of unbranched alkanes of at least 4 members (excludes halogenated alkanes) is 53. The summed E-state index contributed by atoms with van der Waals surface area (Å²) in [4.78, 5) is 24.6. The Morgan fingerprint density at radius 2 is 0.588 bits per heavy atom. The second kappa shape index (κ2) is 69.6. The molecule has 0 aliphatic heterocycles. The number of rotatable bonds is 68. The number of aliphatic hydroxyl groups excluding tert-OH is 2. The van der Waals surface area contributed by atoms with Crippen LogP contribution in [-0.4, -0.2) is 47.4 Å². The Morgan fingerprint density at radius 1 is 0.338 bits per heavy atom. The van der Waals surface area contributed by atoms with Gasteiger partial charge in [-0.25, -0.2) is 0 Å². The van der Waals surface area contributed by atoms with Crippen molar-refractivity contribution in [2.75, 3.05) is 13.2 Å². The molecule has 0 aliphatic carbocycles. The smallest absolute Gasteiger partial charge is 0.305 e. The van der Waals surface area contributed by atoms with Crippen molar-refractivity contribution < 1.29 is 24.5 Å². The van der Waals surface area contributed by atoms with Gasteiger partial charge in [-0.05, 0) is 83.5 Å². The zero-order valence-electron chi connectivity index (χ0n) is 54.1. The Morgan fingerprint density at radius 3 is 0.887 bits per heavy atom. The third kappa shape index (κ3) is 65.2. The predicted molar refractivity (Wildman–Crippen MR) is 352 cm³/mol. The second-order valence-corrected chi connectivity index (χ2v) is 24.9. The van der Waals surface area contributed by atoms with Gasteiger partial charge in [-0.1, -0.05) is 339 Å². The van der Waals surface area contributed by atoms with E-state index in [4.69, 9.17) is 4.74 Å². The number of aliphatic hydroxyl groups is 2. The normalized spacial score (nSPS) is 12.7. The molecule has 0 saturated carbocycles. The Hall–Kier alpha value is -1.92. The fraction of sp³-hybridized carbons (Fsp3) is 0.892. The Kier molecular flexibility index (Phi) is 67.9. The molecule has 0 aliphatic rings. The monoisotopic (exact) mass is 1120 g/mol. The molecule has 0 rings (SSSR count). The fourth-order valence-electron chi connectivity index (χ4n) is 11.3. The number of amides is 1. The van der Waals surface area contributed by atoms with Crippen LogP contribution in [-0.2, 0) is 14.3 Å². The van der Waals surface area contributed by atoms with Crippen LogP contribution in [0.1, 0.15) is 399 Å². The summed E-state index contributed by atoms with van der Waals surface area (Å²) in [6.07, 6.45) is 89.5. The first-order valence-electron chi connectivity index (χ1n) is 36.3. The lowest BCUT2D eigenvalue weighted by atomic mass is 10.0. The molecule has 0 fully saturated rings. The average molecular weight is 1120 g/mol. The van der Waals surface area contributed by atoms with Crippen LogP contribution in [0.15, 0.2) is 36.5 Å². The highest BCUT2D eigenvalue weighted by molar-refractivity contribution is 5.76. The Balaban J connectivity index is 3.36. The van der Waals surface area contributed by atoms with Crippen LogP contribution >= 0.6 is 0 Å². The van der Waals surface area contributed by atoms with Gasteiger partial charge in [-0.15, -0.1) is 0 Å². The van der Waals surface area contributed by atoms with Gasteiger partial charge in [0, 0.05) is 12.8 Å². The SMILES string of the molecule is CCCCCCCC/C=C\CCCCCCCCCC(=O)OCCCCCCCCCCCCCC/C=C\CCCCCCCCCCCCCCCCCC(=O)NC(CO)C(O)/C=C/CCCCCCCCCCCCCCC. The molecule has 472 valence electrons. The van der Waals surface area contributed by atoms with E-state index in [0.29, 0.717) is 19.4 Å². The summed E-state index contributed by atoms with van der Waals surface area (Å²) in [6.45, 7) is 4.93. The van der Waals surface area contributed by atoms with E-state index in [9.17, 15) is 19.8 Å². The molecule has 3 N–H and O–H groups in total. The summed E-state index contributed by atoms with van der Waals surface area (Å²) >= 11 is 0. The average Bonchev–Trinajstić information content (AvgIpc) is 3.46. The van der Waals surface area contributed by atoms with Gasteiger partial charge in [0.1, 0.15) is 0 Å². The van der Waals surface area contributed by atoms with Gasteiger partial charge >= 0.3 is 5.97 Å². The van der Waals surface area contributed by atoms with E-state index in [1.165, 1.54) is 327 Å². The highest BCUT2D eigenvalue weighted by Gasteiger charge is 2.18. The van der Waals surface area contributed by atoms with Crippen molar-refractivity contribution in [3.63, 3.8) is 0 Å². The van der Waals surface area contributed by atoms with Gasteiger partial charge in [0.05, 0.1) is 25.4 Å². The van der Waals surface area contributed by atoms with E-state index in [1.54, 1.807) is 6.08 Å². The number of hydrogen-bond acceptors (Lipinski definition) is 5. The standard InChI is InChI=1S/C74H141NO5/c1-3-5-7-9-11-13-15-17-19-35-40-44-48-52-56-60-64-68-74(79)80-69-65-61-57-53-49-45-41-37-34-32-30-28-26-24-22-20-21-23-25-27-29-31-33-36-39-43-47-51-55-59-63-67-73(78)75-71(70-76)72(77)66-62-58-54-50-46-42-38-18-16-14-12-10-8-6-4-2/h17,19,22,24,62,66,71-72,76-77H,3-16,18,20-21,23,25-61,63-65,67-70H2,1-2H3,(H,75,78)/b19-17-,24-22-,66-62+. The third-order valence-electron chi connectivity index (χ3n) is 16.9. The van der Waals surface area contributed by atoms with E-state index < -0.39 is 12.1 Å². The fourth-order valence-corrected chi connectivity index (χ4v) is 11.3. The van der Waals surface area contributed by atoms with Crippen LogP contribution in [0.2, 0.25) is 0 Å². The maximum Gasteiger partial charge on any atom is 0.305 e. The molecule has 80 heavy (non-hydrogen) atoms. The van der Waals surface area contributed by atoms with Gasteiger partial charge < -0.3 is 20.3 Å². The summed E-state index contributed by atoms with van der Waals surface area (Å²) < 4.78 is 5.50. The highest BCUT2D eigenvalue weighted by atomic mass is 16.5. The Labute approximate surface area is 500 Å². The molecular formula is C74H141NO5. The zero-order valence-corrected chi connectivity index (χ0v) is 54.1. The number of esters is 1. The highest BCUT2D eigenvalue weighted by Crippen LogP contribution is 2.18. The van der Waals surface area contributed by atoms with Gasteiger partial charge in [-0.3, -0.25) is 9.59 Å². The van der Waals surface area contributed by atoms with Crippen LogP contribution < -0.4 is 5.32 Å². The molecule has 0 bridgehead atoms. The van der Waals surface area contributed by atoms with Crippen LogP contribution in [0, 0.1) is 0 Å². The second-order valence-electron chi connectivity index (χ2n) is 24.9. The largest absolute Gasteiger partial charge is 0.466 e. The first-order valence-corrected chi connectivity index (χ1v) is 36.3. The topological polar surface area (TPSA) is 95.9 Å². The third-order valence-corrected chi connectivity index (χ3v) is 16.9. The molecule has 0 spiro atoms. The molecule has 1 amide bonds. The first-order chi connectivity index (χ1) is 39.5. The lowest BCUT2D eigenvalue weighted by Gasteiger charge is -2.20. The van der Waals surface area contributed by atoms with Gasteiger partial charge in [0.15, 0.2) is 0 Å². The maximum absolute atomic E-state index is 12.5. The number of allylic oxidation sites excluding steroid dienone is 5. The van der Waals surface area contributed by atoms with E-state index >= 15 is 0 Å². The summed E-state index contributed by atoms with van der Waals surface area (Å²) in [5.74, 6) is -0.0492. The molecule has 2 atom stereocenters. The minimum Gasteiger partial charge on any atom is -0.466 e. The summed E-state index contributed by atoms with van der Waals surface area (Å²) in [5.41, 5.74) is 0. The summed E-state index contributed by atoms with van der Waals surface area (Å²) in [6, 6.07) is -0.626. The van der Waals surface area contributed by atoms with Crippen molar-refractivity contribution in [1.82, 2.24) is 5.32 Å². The maximum atomic E-state index is 12.5. The lowest BCUT2D eigenvalue weighted by molar-refractivity contribution is -0.143. The zero-order chi connectivity index (χ0) is 57.8. The lowest BCUT2D eigenvalue weighted by Crippen LogP contribution is -2.45. The molecule has 0 aromatic rings. The molecule has 6 heteroatoms. The van der Waals surface area contributed by atoms with Crippen molar-refractivity contribution in [3.05, 3.63) is 36.5 Å². The minimum absolute atomic E-state index is 0.0145. The first kappa shape index (κ1) is 78.1. The quantitative estimate of drug-likeness (QED) is 0.0320. The molecular weight excluding hydrogens is 983 g/mol. The van der Waals surface area contributed by atoms with E-state index in [0.717, 1.165) is 44.9 Å². The molecule has 0 aromatic heterocycles. The van der Waals surface area contributed by atoms with Crippen molar-refractivity contribution in [1.29, 1.82) is 0 Å². The number of ether oxygens (including phenoxy) is 1. The minimum atomic E-state index is -0.843. The van der Waals surface area contributed by atoms with Crippen LogP contribution in [0.3, 0.4) is 0 Å². The van der Waals surface area contributed by atoms with Crippen molar-refractivity contribution >= 4 is 11.9 Å². The number of carbonyl (C=O) groups excluding carboxylic acids is 2. The number of carbonyl (C=O) groups is 2.